The molecule has 1 aliphatic heterocycles. The fourth-order valence-corrected chi connectivity index (χ4v) is 3.16. The predicted octanol–water partition coefficient (Wildman–Crippen LogP) is 0.672. The van der Waals surface area contributed by atoms with E-state index < -0.39 is 5.60 Å². The fourth-order valence-electron chi connectivity index (χ4n) is 3.16. The molecular formula is C12H23NO3. The van der Waals surface area contributed by atoms with E-state index in [1.807, 2.05) is 0 Å². The van der Waals surface area contributed by atoms with Crippen molar-refractivity contribution in [3.63, 3.8) is 0 Å². The van der Waals surface area contributed by atoms with Gasteiger partial charge in [0.1, 0.15) is 0 Å². The molecule has 1 saturated heterocycles. The van der Waals surface area contributed by atoms with Gasteiger partial charge in [-0.2, -0.15) is 0 Å². The summed E-state index contributed by atoms with van der Waals surface area (Å²) in [6.45, 7) is 1.85. The Bertz CT molecular complexity index is 230. The molecule has 0 aromatic heterocycles. The van der Waals surface area contributed by atoms with Crippen LogP contribution in [0.4, 0.5) is 0 Å². The molecule has 1 unspecified atom stereocenters. The first-order valence-corrected chi connectivity index (χ1v) is 6.19. The predicted molar refractivity (Wildman–Crippen MR) is 61.1 cm³/mol. The standard InChI is InChI=1S/C12H23NO3/c1-15-10-2-4-12(14,5-3-10)11(8-13)6-7-16-9-11/h10,14H,2-9,13H2,1H3. The zero-order chi connectivity index (χ0) is 11.6. The van der Waals surface area contributed by atoms with Gasteiger partial charge < -0.3 is 20.3 Å². The van der Waals surface area contributed by atoms with Gasteiger partial charge in [-0.05, 0) is 32.1 Å². The van der Waals surface area contributed by atoms with E-state index in [-0.39, 0.29) is 5.41 Å². The highest BCUT2D eigenvalue weighted by atomic mass is 16.5. The maximum absolute atomic E-state index is 10.8. The maximum atomic E-state index is 10.8. The third-order valence-corrected chi connectivity index (χ3v) is 4.57. The minimum atomic E-state index is -0.646. The number of aliphatic hydroxyl groups is 1. The average molecular weight is 229 g/mol. The number of methoxy groups -OCH3 is 1. The van der Waals surface area contributed by atoms with Gasteiger partial charge in [0.2, 0.25) is 0 Å². The molecule has 3 N–H and O–H groups in total. The summed E-state index contributed by atoms with van der Waals surface area (Å²) in [5.41, 5.74) is 5.02. The zero-order valence-electron chi connectivity index (χ0n) is 10.1. The molecule has 0 amide bonds. The van der Waals surface area contributed by atoms with Crippen molar-refractivity contribution in [1.82, 2.24) is 0 Å². The van der Waals surface area contributed by atoms with Crippen molar-refractivity contribution in [2.75, 3.05) is 26.9 Å². The van der Waals surface area contributed by atoms with Crippen LogP contribution in [0, 0.1) is 5.41 Å². The van der Waals surface area contributed by atoms with E-state index in [0.717, 1.165) is 38.7 Å². The highest BCUT2D eigenvalue weighted by Gasteiger charge is 2.52. The van der Waals surface area contributed by atoms with Gasteiger partial charge in [0.25, 0.3) is 0 Å². The molecule has 2 aliphatic rings. The van der Waals surface area contributed by atoms with Gasteiger partial charge >= 0.3 is 0 Å². The molecule has 1 aliphatic carbocycles. The van der Waals surface area contributed by atoms with Crippen LogP contribution in [-0.2, 0) is 9.47 Å². The largest absolute Gasteiger partial charge is 0.389 e. The van der Waals surface area contributed by atoms with Crippen molar-refractivity contribution in [3.05, 3.63) is 0 Å². The van der Waals surface area contributed by atoms with Crippen LogP contribution in [0.1, 0.15) is 32.1 Å². The van der Waals surface area contributed by atoms with Crippen LogP contribution in [0.15, 0.2) is 0 Å². The van der Waals surface area contributed by atoms with Crippen molar-refractivity contribution >= 4 is 0 Å². The number of hydrogen-bond acceptors (Lipinski definition) is 4. The third kappa shape index (κ3) is 1.88. The van der Waals surface area contributed by atoms with Crippen LogP contribution in [0.5, 0.6) is 0 Å². The fraction of sp³-hybridized carbons (Fsp3) is 1.00. The molecule has 4 heteroatoms. The first-order chi connectivity index (χ1) is 7.66. The Morgan fingerprint density at radius 1 is 1.38 bits per heavy atom. The SMILES string of the molecule is COC1CCC(O)(C2(CN)CCOC2)CC1. The van der Waals surface area contributed by atoms with Gasteiger partial charge in [-0.3, -0.25) is 0 Å². The second-order valence-corrected chi connectivity index (χ2v) is 5.25. The van der Waals surface area contributed by atoms with E-state index in [1.165, 1.54) is 0 Å². The number of rotatable bonds is 3. The van der Waals surface area contributed by atoms with E-state index in [0.29, 0.717) is 19.3 Å². The molecule has 0 aromatic rings. The minimum absolute atomic E-state index is 0.217. The Hall–Kier alpha value is -0.160. The summed E-state index contributed by atoms with van der Waals surface area (Å²) < 4.78 is 10.8. The van der Waals surface area contributed by atoms with Crippen LogP contribution >= 0.6 is 0 Å². The molecule has 1 heterocycles. The van der Waals surface area contributed by atoms with E-state index in [4.69, 9.17) is 15.2 Å². The molecule has 16 heavy (non-hydrogen) atoms. The molecule has 0 aromatic carbocycles. The van der Waals surface area contributed by atoms with Crippen LogP contribution in [0.2, 0.25) is 0 Å². The zero-order valence-corrected chi connectivity index (χ0v) is 10.1. The van der Waals surface area contributed by atoms with E-state index in [2.05, 4.69) is 0 Å². The topological polar surface area (TPSA) is 64.7 Å². The van der Waals surface area contributed by atoms with Crippen molar-refractivity contribution in [2.24, 2.45) is 11.1 Å². The molecule has 4 nitrogen and oxygen atoms in total. The Balaban J connectivity index is 2.07. The van der Waals surface area contributed by atoms with Crippen LogP contribution < -0.4 is 5.73 Å². The summed E-state index contributed by atoms with van der Waals surface area (Å²) in [6, 6.07) is 0. The lowest BCUT2D eigenvalue weighted by Crippen LogP contribution is -2.55. The van der Waals surface area contributed by atoms with Crippen molar-refractivity contribution in [2.45, 2.75) is 43.8 Å². The van der Waals surface area contributed by atoms with Crippen molar-refractivity contribution < 1.29 is 14.6 Å². The molecule has 0 spiro atoms. The minimum Gasteiger partial charge on any atom is -0.389 e. The van der Waals surface area contributed by atoms with Gasteiger partial charge in [0.15, 0.2) is 0 Å². The van der Waals surface area contributed by atoms with Crippen molar-refractivity contribution in [3.8, 4) is 0 Å². The van der Waals surface area contributed by atoms with Gasteiger partial charge in [-0.15, -0.1) is 0 Å². The summed E-state index contributed by atoms with van der Waals surface area (Å²) in [4.78, 5) is 0. The molecule has 0 radical (unpaired) electrons. The van der Waals surface area contributed by atoms with Crippen LogP contribution in [0.3, 0.4) is 0 Å². The van der Waals surface area contributed by atoms with Gasteiger partial charge in [0.05, 0.1) is 18.3 Å². The normalized spacial score (nSPS) is 44.8. The monoisotopic (exact) mass is 229 g/mol. The van der Waals surface area contributed by atoms with Crippen LogP contribution in [-0.4, -0.2) is 43.7 Å². The highest BCUT2D eigenvalue weighted by molar-refractivity contribution is 5.04. The maximum Gasteiger partial charge on any atom is 0.0740 e. The van der Waals surface area contributed by atoms with Gasteiger partial charge in [-0.1, -0.05) is 0 Å². The van der Waals surface area contributed by atoms with Crippen LogP contribution in [0.25, 0.3) is 0 Å². The molecule has 1 atom stereocenters. The first kappa shape index (κ1) is 12.3. The Morgan fingerprint density at radius 2 is 2.06 bits per heavy atom. The molecule has 94 valence electrons. The molecule has 2 fully saturated rings. The first-order valence-electron chi connectivity index (χ1n) is 6.19. The lowest BCUT2D eigenvalue weighted by atomic mass is 9.64. The summed E-state index contributed by atoms with van der Waals surface area (Å²) in [7, 11) is 1.74. The Kier molecular flexibility index (Phi) is 3.54. The average Bonchev–Trinajstić information content (AvgIpc) is 2.80. The summed E-state index contributed by atoms with van der Waals surface area (Å²) in [6.07, 6.45) is 4.61. The quantitative estimate of drug-likeness (QED) is 0.746. The van der Waals surface area contributed by atoms with E-state index in [9.17, 15) is 5.11 Å². The number of hydrogen-bond donors (Lipinski definition) is 2. The second-order valence-electron chi connectivity index (χ2n) is 5.25. The van der Waals surface area contributed by atoms with Gasteiger partial charge in [0, 0.05) is 25.7 Å². The molecule has 0 bridgehead atoms. The smallest absolute Gasteiger partial charge is 0.0740 e. The van der Waals surface area contributed by atoms with Crippen molar-refractivity contribution in [1.29, 1.82) is 0 Å². The lowest BCUT2D eigenvalue weighted by molar-refractivity contribution is -0.126. The third-order valence-electron chi connectivity index (χ3n) is 4.57. The lowest BCUT2D eigenvalue weighted by Gasteiger charge is -2.47. The summed E-state index contributed by atoms with van der Waals surface area (Å²) in [5.74, 6) is 0. The second kappa shape index (κ2) is 4.61. The summed E-state index contributed by atoms with van der Waals surface area (Å²) >= 11 is 0. The highest BCUT2D eigenvalue weighted by Crippen LogP contribution is 2.47. The molecular weight excluding hydrogens is 206 g/mol. The summed E-state index contributed by atoms with van der Waals surface area (Å²) in [5, 5.41) is 10.8. The Morgan fingerprint density at radius 3 is 2.50 bits per heavy atom. The molecule has 1 saturated carbocycles. The Labute approximate surface area is 97.1 Å². The number of nitrogens with two attached hydrogens (primary N) is 1. The van der Waals surface area contributed by atoms with E-state index >= 15 is 0 Å². The number of ether oxygens (including phenoxy) is 2. The van der Waals surface area contributed by atoms with E-state index in [1.54, 1.807) is 7.11 Å². The molecule has 2 rings (SSSR count). The van der Waals surface area contributed by atoms with Gasteiger partial charge in [-0.25, -0.2) is 0 Å².